The van der Waals surface area contributed by atoms with E-state index in [0.29, 0.717) is 25.4 Å². The Bertz CT molecular complexity index is 552. The van der Waals surface area contributed by atoms with E-state index < -0.39 is 11.9 Å². The molecule has 0 radical (unpaired) electrons. The number of carbonyl (C=O) groups is 2. The normalized spacial score (nSPS) is 16.8. The number of nitrogens with one attached hydrogen (secondary N) is 1. The van der Waals surface area contributed by atoms with Crippen LogP contribution < -0.4 is 10.1 Å². The zero-order valence-electron chi connectivity index (χ0n) is 14.0. The molecule has 2 rings (SSSR count). The first-order valence-electron chi connectivity index (χ1n) is 7.68. The number of ether oxygens (including phenoxy) is 3. The molecule has 1 aromatic carbocycles. The highest BCUT2D eigenvalue weighted by Crippen LogP contribution is 2.13. The molecule has 8 nitrogen and oxygen atoms in total. The predicted molar refractivity (Wildman–Crippen MR) is 89.7 cm³/mol. The van der Waals surface area contributed by atoms with E-state index in [4.69, 9.17) is 24.4 Å². The average Bonchev–Trinajstić information content (AvgIpc) is 2.62. The van der Waals surface area contributed by atoms with E-state index in [1.807, 2.05) is 24.3 Å². The van der Waals surface area contributed by atoms with Gasteiger partial charge in [0.25, 0.3) is 0 Å². The summed E-state index contributed by atoms with van der Waals surface area (Å²) in [5, 5.41) is 18.9. The predicted octanol–water partition coefficient (Wildman–Crippen LogP) is 0.912. The lowest BCUT2D eigenvalue weighted by molar-refractivity contribution is -0.134. The van der Waals surface area contributed by atoms with Crippen LogP contribution in [0.2, 0.25) is 0 Å². The maximum Gasteiger partial charge on any atom is 0.328 e. The van der Waals surface area contributed by atoms with E-state index in [0.717, 1.165) is 31.0 Å². The molecule has 0 bridgehead atoms. The second-order valence-electron chi connectivity index (χ2n) is 5.07. The van der Waals surface area contributed by atoms with Crippen molar-refractivity contribution in [1.29, 1.82) is 0 Å². The van der Waals surface area contributed by atoms with Gasteiger partial charge in [0.1, 0.15) is 5.75 Å². The highest BCUT2D eigenvalue weighted by atomic mass is 16.5. The fraction of sp³-hybridized carbons (Fsp3) is 0.412. The van der Waals surface area contributed by atoms with Gasteiger partial charge in [-0.15, -0.1) is 0 Å². The van der Waals surface area contributed by atoms with Crippen molar-refractivity contribution in [2.24, 2.45) is 0 Å². The fourth-order valence-electron chi connectivity index (χ4n) is 1.94. The number of carboxylic acids is 2. The number of morpholine rings is 1. The van der Waals surface area contributed by atoms with Crippen LogP contribution in [0.4, 0.5) is 0 Å². The average molecular weight is 353 g/mol. The van der Waals surface area contributed by atoms with Crippen molar-refractivity contribution in [1.82, 2.24) is 5.32 Å². The van der Waals surface area contributed by atoms with Gasteiger partial charge in [0.05, 0.1) is 33.0 Å². The Hall–Kier alpha value is -2.42. The van der Waals surface area contributed by atoms with Gasteiger partial charge in [0.15, 0.2) is 0 Å². The van der Waals surface area contributed by atoms with Crippen molar-refractivity contribution in [3.8, 4) is 5.75 Å². The van der Waals surface area contributed by atoms with Crippen LogP contribution in [0.1, 0.15) is 5.56 Å². The molecular weight excluding hydrogens is 330 g/mol. The third-order valence-corrected chi connectivity index (χ3v) is 3.08. The van der Waals surface area contributed by atoms with Crippen molar-refractivity contribution >= 4 is 11.9 Å². The molecule has 1 unspecified atom stereocenters. The molecule has 0 amide bonds. The van der Waals surface area contributed by atoms with Crippen LogP contribution in [0.3, 0.4) is 0 Å². The molecule has 1 aromatic rings. The van der Waals surface area contributed by atoms with Crippen molar-refractivity contribution in [2.45, 2.75) is 12.7 Å². The van der Waals surface area contributed by atoms with Gasteiger partial charge in [0, 0.05) is 25.2 Å². The number of carboxylic acid groups (broad SMARTS) is 2. The quantitative estimate of drug-likeness (QED) is 0.620. The molecule has 1 fully saturated rings. The topological polar surface area (TPSA) is 114 Å². The summed E-state index contributed by atoms with van der Waals surface area (Å²) < 4.78 is 16.3. The van der Waals surface area contributed by atoms with Crippen LogP contribution in [0.5, 0.6) is 5.75 Å². The summed E-state index contributed by atoms with van der Waals surface area (Å²) in [4.78, 5) is 19.1. The summed E-state index contributed by atoms with van der Waals surface area (Å²) in [7, 11) is 1.67. The molecule has 138 valence electrons. The summed E-state index contributed by atoms with van der Waals surface area (Å²) in [5.74, 6) is -1.65. The second kappa shape index (κ2) is 12.0. The van der Waals surface area contributed by atoms with E-state index in [-0.39, 0.29) is 6.10 Å². The van der Waals surface area contributed by atoms with E-state index in [2.05, 4.69) is 5.32 Å². The second-order valence-corrected chi connectivity index (χ2v) is 5.07. The number of benzene rings is 1. The first kappa shape index (κ1) is 20.6. The van der Waals surface area contributed by atoms with Crippen molar-refractivity contribution in [3.63, 3.8) is 0 Å². The van der Waals surface area contributed by atoms with Crippen LogP contribution in [0, 0.1) is 0 Å². The summed E-state index contributed by atoms with van der Waals surface area (Å²) in [6, 6.07) is 7.91. The molecule has 3 N–H and O–H groups in total. The van der Waals surface area contributed by atoms with E-state index in [9.17, 15) is 9.59 Å². The molecule has 1 heterocycles. The number of methoxy groups -OCH3 is 1. The van der Waals surface area contributed by atoms with Crippen LogP contribution in [0.25, 0.3) is 0 Å². The SMILES string of the molecule is COc1cccc(COCC2CNCCO2)c1.O=C(O)C=CC(=O)O. The Morgan fingerprint density at radius 1 is 1.32 bits per heavy atom. The highest BCUT2D eigenvalue weighted by molar-refractivity contribution is 5.89. The van der Waals surface area contributed by atoms with Gasteiger partial charge in [0.2, 0.25) is 0 Å². The molecule has 25 heavy (non-hydrogen) atoms. The Morgan fingerprint density at radius 3 is 2.60 bits per heavy atom. The smallest absolute Gasteiger partial charge is 0.328 e. The van der Waals surface area contributed by atoms with Crippen LogP contribution >= 0.6 is 0 Å². The van der Waals surface area contributed by atoms with Crippen LogP contribution in [-0.4, -0.2) is 61.7 Å². The van der Waals surface area contributed by atoms with Gasteiger partial charge in [-0.05, 0) is 17.7 Å². The maximum absolute atomic E-state index is 9.55. The maximum atomic E-state index is 9.55. The molecule has 0 spiro atoms. The standard InChI is InChI=1S/C13H19NO3.C4H4O4/c1-15-12-4-2-3-11(7-12)9-16-10-13-8-14-5-6-17-13;5-3(6)1-2-4(7)8/h2-4,7,13-14H,5-6,8-10H2,1H3;1-2H,(H,5,6)(H,7,8). The Kier molecular flexibility index (Phi) is 9.91. The molecule has 1 atom stereocenters. The first-order valence-corrected chi connectivity index (χ1v) is 7.68. The Morgan fingerprint density at radius 2 is 2.04 bits per heavy atom. The zero-order chi connectivity index (χ0) is 18.5. The van der Waals surface area contributed by atoms with Gasteiger partial charge in [-0.25, -0.2) is 9.59 Å². The highest BCUT2D eigenvalue weighted by Gasteiger charge is 2.12. The zero-order valence-corrected chi connectivity index (χ0v) is 14.0. The Balaban J connectivity index is 0.000000333. The third kappa shape index (κ3) is 10.1. The van der Waals surface area contributed by atoms with Crippen LogP contribution in [-0.2, 0) is 25.7 Å². The molecule has 1 saturated heterocycles. The van der Waals surface area contributed by atoms with E-state index in [1.54, 1.807) is 7.11 Å². The first-order chi connectivity index (χ1) is 12.0. The molecule has 1 aliphatic rings. The lowest BCUT2D eigenvalue weighted by Gasteiger charge is -2.23. The number of hydrogen-bond donors (Lipinski definition) is 3. The molecule has 1 aliphatic heterocycles. The minimum absolute atomic E-state index is 0.175. The largest absolute Gasteiger partial charge is 0.497 e. The molecule has 0 aromatic heterocycles. The summed E-state index contributed by atoms with van der Waals surface area (Å²) >= 11 is 0. The molecule has 8 heteroatoms. The number of hydrogen-bond acceptors (Lipinski definition) is 6. The van der Waals surface area contributed by atoms with Gasteiger partial charge < -0.3 is 29.7 Å². The van der Waals surface area contributed by atoms with Gasteiger partial charge in [-0.1, -0.05) is 12.1 Å². The third-order valence-electron chi connectivity index (χ3n) is 3.08. The minimum atomic E-state index is -1.26. The number of rotatable bonds is 7. The lowest BCUT2D eigenvalue weighted by Crippen LogP contribution is -2.40. The summed E-state index contributed by atoms with van der Waals surface area (Å²) in [6.45, 7) is 3.80. The molecular formula is C17H23NO7. The van der Waals surface area contributed by atoms with Gasteiger partial charge in [-0.2, -0.15) is 0 Å². The van der Waals surface area contributed by atoms with Crippen molar-refractivity contribution in [2.75, 3.05) is 33.4 Å². The van der Waals surface area contributed by atoms with E-state index >= 15 is 0 Å². The van der Waals surface area contributed by atoms with E-state index in [1.165, 1.54) is 0 Å². The minimum Gasteiger partial charge on any atom is -0.497 e. The summed E-state index contributed by atoms with van der Waals surface area (Å²) in [5.41, 5.74) is 1.12. The Labute approximate surface area is 146 Å². The van der Waals surface area contributed by atoms with Gasteiger partial charge in [-0.3, -0.25) is 0 Å². The summed E-state index contributed by atoms with van der Waals surface area (Å²) in [6.07, 6.45) is 1.29. The fourth-order valence-corrected chi connectivity index (χ4v) is 1.94. The van der Waals surface area contributed by atoms with Crippen LogP contribution in [0.15, 0.2) is 36.4 Å². The molecule has 0 aliphatic carbocycles. The van der Waals surface area contributed by atoms with Crippen molar-refractivity contribution in [3.05, 3.63) is 42.0 Å². The van der Waals surface area contributed by atoms with Gasteiger partial charge >= 0.3 is 11.9 Å². The number of aliphatic carboxylic acids is 2. The monoisotopic (exact) mass is 353 g/mol. The molecule has 0 saturated carbocycles. The lowest BCUT2D eigenvalue weighted by atomic mass is 10.2. The van der Waals surface area contributed by atoms with Crippen molar-refractivity contribution < 1.29 is 34.0 Å².